The van der Waals surface area contributed by atoms with Crippen LogP contribution in [0.3, 0.4) is 0 Å². The van der Waals surface area contributed by atoms with Crippen molar-refractivity contribution < 1.29 is 9.72 Å². The van der Waals surface area contributed by atoms with E-state index in [9.17, 15) is 19.7 Å². The Morgan fingerprint density at radius 2 is 1.94 bits per heavy atom. The normalized spacial score (nSPS) is 17.1. The molecule has 0 saturated carbocycles. The first-order valence-corrected chi connectivity index (χ1v) is 12.5. The van der Waals surface area contributed by atoms with E-state index in [2.05, 4.69) is 31.2 Å². The van der Waals surface area contributed by atoms with Crippen LogP contribution in [0.5, 0.6) is 0 Å². The highest BCUT2D eigenvalue weighted by Gasteiger charge is 2.37. The highest BCUT2D eigenvalue weighted by molar-refractivity contribution is 9.10. The van der Waals surface area contributed by atoms with Gasteiger partial charge >= 0.3 is 0 Å². The molecule has 1 aliphatic carbocycles. The first-order valence-electron chi connectivity index (χ1n) is 10.7. The zero-order valence-electron chi connectivity index (χ0n) is 17.8. The molecule has 1 aromatic heterocycles. The van der Waals surface area contributed by atoms with Crippen LogP contribution in [0.1, 0.15) is 41.9 Å². The van der Waals surface area contributed by atoms with E-state index in [4.69, 9.17) is 0 Å². The van der Waals surface area contributed by atoms with Crippen molar-refractivity contribution in [2.45, 2.75) is 36.1 Å². The number of non-ortho nitro benzene ring substituents is 1. The summed E-state index contributed by atoms with van der Waals surface area (Å²) in [5, 5.41) is 14.7. The number of nitrogens with one attached hydrogen (secondary N) is 2. The number of rotatable bonds is 5. The predicted octanol–water partition coefficient (Wildman–Crippen LogP) is 5.30. The van der Waals surface area contributed by atoms with Crippen LogP contribution < -0.4 is 10.9 Å². The number of nitro groups is 1. The molecule has 34 heavy (non-hydrogen) atoms. The molecule has 10 heteroatoms. The van der Waals surface area contributed by atoms with Crippen molar-refractivity contribution in [3.8, 4) is 0 Å². The van der Waals surface area contributed by atoms with E-state index in [1.807, 2.05) is 24.3 Å². The molecule has 172 valence electrons. The zero-order valence-corrected chi connectivity index (χ0v) is 20.2. The lowest BCUT2D eigenvalue weighted by molar-refractivity contribution is -0.384. The Kier molecular flexibility index (Phi) is 6.09. The minimum absolute atomic E-state index is 0.0189. The minimum atomic E-state index is -0.487. The van der Waals surface area contributed by atoms with E-state index in [1.165, 1.54) is 23.9 Å². The lowest BCUT2D eigenvalue weighted by Crippen LogP contribution is -2.32. The highest BCUT2D eigenvalue weighted by atomic mass is 79.9. The van der Waals surface area contributed by atoms with Gasteiger partial charge in [0.1, 0.15) is 5.82 Å². The predicted molar refractivity (Wildman–Crippen MR) is 133 cm³/mol. The number of aromatic amines is 1. The van der Waals surface area contributed by atoms with Gasteiger partial charge in [0.15, 0.2) is 10.9 Å². The molecule has 1 aliphatic heterocycles. The maximum atomic E-state index is 13.3. The number of carbonyl (C=O) groups excluding carboxylic acids is 1. The minimum Gasteiger partial charge on any atom is -0.343 e. The Hall–Kier alpha value is -3.24. The maximum absolute atomic E-state index is 13.3. The van der Waals surface area contributed by atoms with Gasteiger partial charge in [-0.25, -0.2) is 4.98 Å². The van der Waals surface area contributed by atoms with Gasteiger partial charge in [-0.05, 0) is 36.1 Å². The van der Waals surface area contributed by atoms with Crippen molar-refractivity contribution in [2.24, 2.45) is 0 Å². The molecule has 0 spiro atoms. The van der Waals surface area contributed by atoms with Gasteiger partial charge in [-0.3, -0.25) is 19.7 Å². The first kappa shape index (κ1) is 22.5. The Balaban J connectivity index is 1.52. The summed E-state index contributed by atoms with van der Waals surface area (Å²) in [4.78, 5) is 44.3. The van der Waals surface area contributed by atoms with Gasteiger partial charge in [0, 0.05) is 46.0 Å². The van der Waals surface area contributed by atoms with Crippen LogP contribution >= 0.6 is 27.7 Å². The zero-order chi connectivity index (χ0) is 23.8. The van der Waals surface area contributed by atoms with Gasteiger partial charge in [0.2, 0.25) is 0 Å². The average molecular weight is 539 g/mol. The second-order valence-corrected chi connectivity index (χ2v) is 10.0. The summed E-state index contributed by atoms with van der Waals surface area (Å²) in [6.07, 6.45) is 1.94. The molecule has 8 nitrogen and oxygen atoms in total. The lowest BCUT2D eigenvalue weighted by Gasteiger charge is -2.32. The molecule has 1 atom stereocenters. The van der Waals surface area contributed by atoms with E-state index in [0.717, 1.165) is 34.1 Å². The molecule has 2 aliphatic rings. The van der Waals surface area contributed by atoms with Crippen molar-refractivity contribution in [1.29, 1.82) is 0 Å². The number of halogens is 1. The smallest absolute Gasteiger partial charge is 0.269 e. The van der Waals surface area contributed by atoms with E-state index in [1.54, 1.807) is 12.1 Å². The Labute approximate surface area is 207 Å². The van der Waals surface area contributed by atoms with E-state index in [0.29, 0.717) is 34.3 Å². The summed E-state index contributed by atoms with van der Waals surface area (Å²) in [6, 6.07) is 14.0. The molecule has 0 amide bonds. The van der Waals surface area contributed by atoms with Gasteiger partial charge < -0.3 is 10.3 Å². The van der Waals surface area contributed by atoms with Gasteiger partial charge in [-0.2, -0.15) is 0 Å². The second-order valence-electron chi connectivity index (χ2n) is 8.13. The summed E-state index contributed by atoms with van der Waals surface area (Å²) < 4.78 is 0.912. The number of hydrogen-bond donors (Lipinski definition) is 2. The van der Waals surface area contributed by atoms with Gasteiger partial charge in [-0.15, -0.1) is 0 Å². The molecule has 2 N–H and O–H groups in total. The summed E-state index contributed by atoms with van der Waals surface area (Å²) in [5.74, 6) is 0.424. The third-order valence-corrected chi connectivity index (χ3v) is 7.41. The Morgan fingerprint density at radius 3 is 2.71 bits per heavy atom. The van der Waals surface area contributed by atoms with Crippen LogP contribution in [-0.4, -0.2) is 20.7 Å². The maximum Gasteiger partial charge on any atom is 0.269 e. The van der Waals surface area contributed by atoms with Crippen LogP contribution in [0.2, 0.25) is 0 Å². The monoisotopic (exact) mass is 538 g/mol. The molecule has 3 aromatic rings. The van der Waals surface area contributed by atoms with Crippen LogP contribution in [0.25, 0.3) is 0 Å². The number of hydrogen-bond acceptors (Lipinski definition) is 7. The number of aromatic nitrogens is 2. The fourth-order valence-electron chi connectivity index (χ4n) is 4.41. The fraction of sp³-hybridized carbons (Fsp3) is 0.208. The van der Waals surface area contributed by atoms with Gasteiger partial charge in [0.05, 0.1) is 10.5 Å². The topological polar surface area (TPSA) is 118 Å². The SMILES string of the molecule is O=C1CCCC2=C1[C@@H](c1ccc(Br)cc1)c1c(nc(SCc3cccc([N+](=O)[O-])c3)[nH]c1=O)N2. The third-order valence-electron chi connectivity index (χ3n) is 5.94. The molecule has 0 unspecified atom stereocenters. The number of allylic oxidation sites excluding steroid dienone is 2. The lowest BCUT2D eigenvalue weighted by atomic mass is 9.76. The van der Waals surface area contributed by atoms with Crippen LogP contribution in [-0.2, 0) is 10.5 Å². The second kappa shape index (κ2) is 9.19. The van der Waals surface area contributed by atoms with Crippen molar-refractivity contribution >= 4 is 45.0 Å². The molecule has 5 rings (SSSR count). The average Bonchev–Trinajstić information content (AvgIpc) is 2.82. The molecule has 2 heterocycles. The van der Waals surface area contributed by atoms with E-state index in [-0.39, 0.29) is 17.0 Å². The number of fused-ring (bicyclic) bond motifs is 1. The van der Waals surface area contributed by atoms with Crippen LogP contribution in [0, 0.1) is 10.1 Å². The summed E-state index contributed by atoms with van der Waals surface area (Å²) in [7, 11) is 0. The summed E-state index contributed by atoms with van der Waals surface area (Å²) in [5.41, 5.74) is 3.22. The number of ketones is 1. The summed E-state index contributed by atoms with van der Waals surface area (Å²) in [6.45, 7) is 0. The number of nitrogens with zero attached hydrogens (tertiary/aromatic N) is 2. The molecule has 2 aromatic carbocycles. The quantitative estimate of drug-likeness (QED) is 0.196. The Bertz CT molecular complexity index is 1400. The number of carbonyl (C=O) groups is 1. The van der Waals surface area contributed by atoms with Crippen molar-refractivity contribution in [2.75, 3.05) is 5.32 Å². The molecule has 0 radical (unpaired) electrons. The van der Waals surface area contributed by atoms with E-state index >= 15 is 0 Å². The molecule has 0 fully saturated rings. The number of Topliss-reactive ketones (excluding diaryl/α,β-unsaturated/α-hetero) is 1. The third kappa shape index (κ3) is 4.30. The fourth-order valence-corrected chi connectivity index (χ4v) is 5.48. The Morgan fingerprint density at radius 1 is 1.15 bits per heavy atom. The number of thioether (sulfide) groups is 1. The molecular weight excluding hydrogens is 520 g/mol. The van der Waals surface area contributed by atoms with E-state index < -0.39 is 10.8 Å². The summed E-state index contributed by atoms with van der Waals surface area (Å²) >= 11 is 4.73. The van der Waals surface area contributed by atoms with Crippen LogP contribution in [0.15, 0.2) is 74.2 Å². The number of H-pyrrole nitrogens is 1. The first-order chi connectivity index (χ1) is 16.4. The molecule has 0 bridgehead atoms. The highest BCUT2D eigenvalue weighted by Crippen LogP contribution is 2.43. The van der Waals surface area contributed by atoms with Crippen LogP contribution in [0.4, 0.5) is 11.5 Å². The van der Waals surface area contributed by atoms with Crippen molar-refractivity contribution in [3.05, 3.63) is 101 Å². The standard InChI is InChI=1S/C24H19BrN4O4S/c25-15-9-7-14(8-10-15)19-20-17(5-2-6-18(20)30)26-22-21(19)23(31)28-24(27-22)34-12-13-3-1-4-16(11-13)29(32)33/h1,3-4,7-11,19H,2,5-6,12H2,(H2,26,27,28,31)/t19-/m1/s1. The number of anilines is 1. The van der Waals surface area contributed by atoms with Gasteiger partial charge in [-0.1, -0.05) is 52.0 Å². The van der Waals surface area contributed by atoms with Crippen molar-refractivity contribution in [3.63, 3.8) is 0 Å². The molecular formula is C24H19BrN4O4S. The van der Waals surface area contributed by atoms with Crippen molar-refractivity contribution in [1.82, 2.24) is 9.97 Å². The number of benzene rings is 2. The van der Waals surface area contributed by atoms with Gasteiger partial charge in [0.25, 0.3) is 11.2 Å². The largest absolute Gasteiger partial charge is 0.343 e. The number of nitro benzene ring substituents is 1. The molecule has 0 saturated heterocycles.